The van der Waals surface area contributed by atoms with Crippen LogP contribution >= 0.6 is 0 Å². The second kappa shape index (κ2) is 4.56. The molecule has 4 heteroatoms. The summed E-state index contributed by atoms with van der Waals surface area (Å²) < 4.78 is 10.1. The summed E-state index contributed by atoms with van der Waals surface area (Å²) in [6.07, 6.45) is 0. The molecule has 0 saturated carbocycles. The first-order chi connectivity index (χ1) is 8.54. The number of carbonyl (C=O) groups excluding carboxylic acids is 1. The molecule has 94 valence electrons. The molecule has 0 amide bonds. The molecule has 2 rings (SSSR count). The number of cyclic esters (lactones) is 1. The van der Waals surface area contributed by atoms with E-state index in [-0.39, 0.29) is 5.76 Å². The van der Waals surface area contributed by atoms with Crippen molar-refractivity contribution in [3.05, 3.63) is 46.9 Å². The zero-order chi connectivity index (χ0) is 13.3. The highest BCUT2D eigenvalue weighted by Crippen LogP contribution is 2.31. The smallest absolute Gasteiger partial charge is 0.379 e. The van der Waals surface area contributed by atoms with E-state index in [0.29, 0.717) is 11.3 Å². The van der Waals surface area contributed by atoms with E-state index in [9.17, 15) is 9.90 Å². The van der Waals surface area contributed by atoms with Gasteiger partial charge in [0.1, 0.15) is 11.5 Å². The molecule has 1 aromatic carbocycles. The van der Waals surface area contributed by atoms with Gasteiger partial charge >= 0.3 is 5.97 Å². The lowest BCUT2D eigenvalue weighted by Crippen LogP contribution is -1.98. The summed E-state index contributed by atoms with van der Waals surface area (Å²) in [5, 5.41) is 9.47. The van der Waals surface area contributed by atoms with E-state index in [4.69, 9.17) is 9.47 Å². The number of esters is 1. The maximum absolute atomic E-state index is 11.2. The Hall–Kier alpha value is -2.23. The monoisotopic (exact) mass is 246 g/mol. The predicted molar refractivity (Wildman–Crippen MR) is 67.0 cm³/mol. The zero-order valence-corrected chi connectivity index (χ0v) is 10.5. The first-order valence-corrected chi connectivity index (χ1v) is 5.52. The Morgan fingerprint density at radius 3 is 2.33 bits per heavy atom. The Morgan fingerprint density at radius 1 is 1.28 bits per heavy atom. The topological polar surface area (TPSA) is 55.8 Å². The van der Waals surface area contributed by atoms with Crippen LogP contribution in [0.25, 0.3) is 5.57 Å². The lowest BCUT2D eigenvalue weighted by molar-refractivity contribution is -0.135. The van der Waals surface area contributed by atoms with Crippen molar-refractivity contribution < 1.29 is 19.4 Å². The van der Waals surface area contributed by atoms with Gasteiger partial charge in [-0.15, -0.1) is 0 Å². The molecule has 1 aliphatic rings. The van der Waals surface area contributed by atoms with E-state index >= 15 is 0 Å². The number of hydrogen-bond donors (Lipinski definition) is 1. The summed E-state index contributed by atoms with van der Waals surface area (Å²) in [4.78, 5) is 11.2. The highest BCUT2D eigenvalue weighted by Gasteiger charge is 2.28. The average Bonchev–Trinajstić information content (AvgIpc) is 2.66. The van der Waals surface area contributed by atoms with Crippen molar-refractivity contribution in [1.82, 2.24) is 0 Å². The first kappa shape index (κ1) is 12.2. The summed E-state index contributed by atoms with van der Waals surface area (Å²) >= 11 is 0. The number of benzene rings is 1. The third-order valence-corrected chi connectivity index (χ3v) is 2.95. The van der Waals surface area contributed by atoms with E-state index in [1.54, 1.807) is 14.0 Å². The van der Waals surface area contributed by atoms with E-state index in [2.05, 4.69) is 0 Å². The fraction of sp³-hybridized carbons (Fsp3) is 0.214. The molecule has 0 saturated heterocycles. The summed E-state index contributed by atoms with van der Waals surface area (Å²) in [6, 6.07) is 7.40. The molecular weight excluding hydrogens is 232 g/mol. The van der Waals surface area contributed by atoms with Gasteiger partial charge in [0, 0.05) is 5.57 Å². The van der Waals surface area contributed by atoms with Gasteiger partial charge in [-0.25, -0.2) is 4.79 Å². The van der Waals surface area contributed by atoms with Crippen LogP contribution in [0, 0.1) is 0 Å². The van der Waals surface area contributed by atoms with Crippen LogP contribution in [0.4, 0.5) is 0 Å². The summed E-state index contributed by atoms with van der Waals surface area (Å²) in [6.45, 7) is 3.50. The van der Waals surface area contributed by atoms with Crippen LogP contribution in [0.3, 0.4) is 0 Å². The van der Waals surface area contributed by atoms with Crippen LogP contribution in [0.15, 0.2) is 41.4 Å². The molecule has 0 aliphatic carbocycles. The molecule has 18 heavy (non-hydrogen) atoms. The Kier molecular flexibility index (Phi) is 3.10. The van der Waals surface area contributed by atoms with Crippen LogP contribution in [-0.4, -0.2) is 18.2 Å². The second-order valence-electron chi connectivity index (χ2n) is 4.05. The third-order valence-electron chi connectivity index (χ3n) is 2.95. The Balaban J connectivity index is 2.42. The predicted octanol–water partition coefficient (Wildman–Crippen LogP) is 2.82. The first-order valence-electron chi connectivity index (χ1n) is 5.52. The fourth-order valence-electron chi connectivity index (χ4n) is 1.81. The minimum atomic E-state index is -0.699. The molecule has 1 N–H and O–H groups in total. The van der Waals surface area contributed by atoms with E-state index < -0.39 is 5.97 Å². The molecule has 0 atom stereocenters. The number of allylic oxidation sites excluding steroid dienone is 2. The van der Waals surface area contributed by atoms with Crippen molar-refractivity contribution >= 4 is 11.5 Å². The highest BCUT2D eigenvalue weighted by atomic mass is 16.6. The van der Waals surface area contributed by atoms with Gasteiger partial charge in [0.05, 0.1) is 7.11 Å². The lowest BCUT2D eigenvalue weighted by atomic mass is 10.0. The van der Waals surface area contributed by atoms with Gasteiger partial charge in [0.2, 0.25) is 5.76 Å². The average molecular weight is 246 g/mol. The molecule has 1 heterocycles. The molecule has 4 nitrogen and oxygen atoms in total. The molecule has 0 radical (unpaired) electrons. The van der Waals surface area contributed by atoms with Crippen molar-refractivity contribution in [3.8, 4) is 5.75 Å². The van der Waals surface area contributed by atoms with Crippen LogP contribution in [0.1, 0.15) is 19.4 Å². The Bertz CT molecular complexity index is 550. The number of ether oxygens (including phenoxy) is 2. The molecule has 0 aromatic heterocycles. The normalized spacial score (nSPS) is 17.8. The standard InChI is InChI=1S/C14H14O4/c1-8(10-4-6-11(17-3)7-5-10)13-9(2)12(15)14(16)18-13/h4-7,15H,1-3H3. The van der Waals surface area contributed by atoms with Gasteiger partial charge in [-0.05, 0) is 37.1 Å². The maximum atomic E-state index is 11.2. The quantitative estimate of drug-likeness (QED) is 0.815. The molecule has 1 aromatic rings. The number of rotatable bonds is 2. The fourth-order valence-corrected chi connectivity index (χ4v) is 1.81. The van der Waals surface area contributed by atoms with Crippen molar-refractivity contribution in [3.63, 3.8) is 0 Å². The molecule has 0 unspecified atom stereocenters. The van der Waals surface area contributed by atoms with E-state index in [0.717, 1.165) is 16.9 Å². The highest BCUT2D eigenvalue weighted by molar-refractivity contribution is 5.94. The molecular formula is C14H14O4. The van der Waals surface area contributed by atoms with Crippen LogP contribution in [-0.2, 0) is 9.53 Å². The Morgan fingerprint density at radius 2 is 1.89 bits per heavy atom. The number of carbonyl (C=O) groups is 1. The lowest BCUT2D eigenvalue weighted by Gasteiger charge is -2.07. The van der Waals surface area contributed by atoms with Crippen LogP contribution in [0.5, 0.6) is 5.75 Å². The maximum Gasteiger partial charge on any atom is 0.379 e. The van der Waals surface area contributed by atoms with E-state index in [1.807, 2.05) is 31.2 Å². The van der Waals surface area contributed by atoms with Crippen molar-refractivity contribution in [2.24, 2.45) is 0 Å². The Labute approximate surface area is 105 Å². The van der Waals surface area contributed by atoms with Crippen molar-refractivity contribution in [2.45, 2.75) is 13.8 Å². The third kappa shape index (κ3) is 1.97. The largest absolute Gasteiger partial charge is 0.502 e. The molecule has 1 aliphatic heterocycles. The van der Waals surface area contributed by atoms with Crippen LogP contribution < -0.4 is 4.74 Å². The van der Waals surface area contributed by atoms with Gasteiger partial charge in [0.25, 0.3) is 0 Å². The van der Waals surface area contributed by atoms with Gasteiger partial charge in [-0.2, -0.15) is 0 Å². The summed E-state index contributed by atoms with van der Waals surface area (Å²) in [7, 11) is 1.60. The van der Waals surface area contributed by atoms with Crippen molar-refractivity contribution in [2.75, 3.05) is 7.11 Å². The van der Waals surface area contributed by atoms with Gasteiger partial charge in [-0.1, -0.05) is 12.1 Å². The number of aliphatic hydroxyl groups is 1. The molecule has 0 fully saturated rings. The second-order valence-corrected chi connectivity index (χ2v) is 4.05. The van der Waals surface area contributed by atoms with Gasteiger partial charge < -0.3 is 14.6 Å². The van der Waals surface area contributed by atoms with E-state index in [1.165, 1.54) is 0 Å². The van der Waals surface area contributed by atoms with Crippen molar-refractivity contribution in [1.29, 1.82) is 0 Å². The van der Waals surface area contributed by atoms with Crippen LogP contribution in [0.2, 0.25) is 0 Å². The SMILES string of the molecule is COc1ccc(C(C)=C2OC(=O)C(O)=C2C)cc1. The van der Waals surface area contributed by atoms with Gasteiger partial charge in [-0.3, -0.25) is 0 Å². The minimum absolute atomic E-state index is 0.321. The van der Waals surface area contributed by atoms with Gasteiger partial charge in [0.15, 0.2) is 0 Å². The number of hydrogen-bond acceptors (Lipinski definition) is 4. The molecule has 0 spiro atoms. The molecule has 0 bridgehead atoms. The summed E-state index contributed by atoms with van der Waals surface area (Å²) in [5.74, 6) is 0.158. The number of methoxy groups -OCH3 is 1. The summed E-state index contributed by atoms with van der Waals surface area (Å²) in [5.41, 5.74) is 2.17. The number of aliphatic hydroxyl groups excluding tert-OH is 1. The zero-order valence-electron chi connectivity index (χ0n) is 10.5. The minimum Gasteiger partial charge on any atom is -0.502 e.